The molecule has 0 bridgehead atoms. The monoisotopic (exact) mass is 325 g/mol. The Balaban J connectivity index is 1.72. The van der Waals surface area contributed by atoms with Crippen LogP contribution in [0.3, 0.4) is 0 Å². The smallest absolute Gasteiger partial charge is 0.0701 e. The van der Waals surface area contributed by atoms with Gasteiger partial charge in [-0.2, -0.15) is 11.8 Å². The molecule has 2 nitrogen and oxygen atoms in total. The first-order valence-corrected chi connectivity index (χ1v) is 10.3. The van der Waals surface area contributed by atoms with Gasteiger partial charge in [-0.3, -0.25) is 0 Å². The molecule has 2 aliphatic heterocycles. The van der Waals surface area contributed by atoms with Crippen LogP contribution in [0, 0.1) is 5.92 Å². The van der Waals surface area contributed by atoms with Crippen molar-refractivity contribution in [1.29, 1.82) is 0 Å². The zero-order valence-corrected chi connectivity index (χ0v) is 14.6. The highest BCUT2D eigenvalue weighted by Gasteiger charge is 2.41. The van der Waals surface area contributed by atoms with E-state index in [2.05, 4.69) is 41.5 Å². The van der Waals surface area contributed by atoms with Crippen molar-refractivity contribution in [2.24, 2.45) is 5.92 Å². The summed E-state index contributed by atoms with van der Waals surface area (Å²) in [6.45, 7) is 4.32. The predicted molar refractivity (Wildman–Crippen MR) is 93.3 cm³/mol. The lowest BCUT2D eigenvalue weighted by Crippen LogP contribution is -2.45. The minimum Gasteiger partial charge on any atom is -0.375 e. The van der Waals surface area contributed by atoms with E-state index in [1.807, 2.05) is 11.3 Å². The molecule has 1 spiro atoms. The average Bonchev–Trinajstić information content (AvgIpc) is 3.03. The molecule has 0 saturated carbocycles. The molecule has 1 aromatic rings. The number of ether oxygens (including phenoxy) is 1. The van der Waals surface area contributed by atoms with Crippen LogP contribution >= 0.6 is 23.1 Å². The second kappa shape index (κ2) is 7.49. The Morgan fingerprint density at radius 1 is 1.43 bits per heavy atom. The molecule has 2 fully saturated rings. The Morgan fingerprint density at radius 3 is 3.00 bits per heavy atom. The van der Waals surface area contributed by atoms with Crippen LogP contribution in [0.2, 0.25) is 0 Å². The van der Waals surface area contributed by atoms with E-state index in [0.717, 1.165) is 19.1 Å². The summed E-state index contributed by atoms with van der Waals surface area (Å²) < 4.78 is 6.27. The van der Waals surface area contributed by atoms with E-state index in [9.17, 15) is 0 Å². The van der Waals surface area contributed by atoms with Gasteiger partial charge in [-0.15, -0.1) is 11.3 Å². The Kier molecular flexibility index (Phi) is 5.66. The maximum Gasteiger partial charge on any atom is 0.0701 e. The lowest BCUT2D eigenvalue weighted by atomic mass is 9.78. The van der Waals surface area contributed by atoms with Crippen molar-refractivity contribution in [3.8, 4) is 0 Å². The molecule has 2 aliphatic rings. The number of thioether (sulfide) groups is 1. The second-order valence-corrected chi connectivity index (χ2v) is 8.55. The van der Waals surface area contributed by atoms with Crippen molar-refractivity contribution in [2.45, 2.75) is 50.7 Å². The quantitative estimate of drug-likeness (QED) is 0.862. The maximum atomic E-state index is 6.27. The summed E-state index contributed by atoms with van der Waals surface area (Å²) in [5, 5.41) is 6.02. The van der Waals surface area contributed by atoms with Gasteiger partial charge in [0.2, 0.25) is 0 Å². The third kappa shape index (κ3) is 3.84. The zero-order valence-electron chi connectivity index (χ0n) is 13.0. The topological polar surface area (TPSA) is 21.3 Å². The first-order valence-electron chi connectivity index (χ1n) is 8.31. The van der Waals surface area contributed by atoms with Crippen LogP contribution in [-0.4, -0.2) is 30.3 Å². The van der Waals surface area contributed by atoms with Gasteiger partial charge >= 0.3 is 0 Å². The van der Waals surface area contributed by atoms with Gasteiger partial charge in [0.1, 0.15) is 0 Å². The fourth-order valence-electron chi connectivity index (χ4n) is 3.71. The van der Waals surface area contributed by atoms with Crippen molar-refractivity contribution < 1.29 is 4.74 Å². The van der Waals surface area contributed by atoms with Crippen molar-refractivity contribution >= 4 is 23.1 Å². The Morgan fingerprint density at radius 2 is 2.29 bits per heavy atom. The molecular formula is C17H27NOS2. The van der Waals surface area contributed by atoms with Crippen LogP contribution in [0.15, 0.2) is 17.5 Å². The van der Waals surface area contributed by atoms with Crippen molar-refractivity contribution in [3.63, 3.8) is 0 Å². The van der Waals surface area contributed by atoms with Gasteiger partial charge in [-0.1, -0.05) is 13.0 Å². The van der Waals surface area contributed by atoms with Crippen LogP contribution in [0.5, 0.6) is 0 Å². The van der Waals surface area contributed by atoms with E-state index in [0.29, 0.717) is 6.04 Å². The number of thiophene rings is 1. The van der Waals surface area contributed by atoms with Crippen LogP contribution in [0.1, 0.15) is 49.9 Å². The summed E-state index contributed by atoms with van der Waals surface area (Å²) in [6, 6.07) is 5.02. The molecule has 0 aromatic carbocycles. The number of nitrogens with one attached hydrogen (secondary N) is 1. The Hall–Kier alpha value is -0.0300. The highest BCUT2D eigenvalue weighted by Crippen LogP contribution is 2.44. The molecular weight excluding hydrogens is 298 g/mol. The first kappa shape index (κ1) is 15.9. The summed E-state index contributed by atoms with van der Waals surface area (Å²) in [5.74, 6) is 3.28. The molecule has 3 rings (SSSR count). The van der Waals surface area contributed by atoms with Crippen LogP contribution < -0.4 is 5.32 Å². The van der Waals surface area contributed by atoms with E-state index in [1.165, 1.54) is 48.5 Å². The second-order valence-electron chi connectivity index (χ2n) is 6.34. The third-order valence-corrected chi connectivity index (χ3v) is 6.81. The largest absolute Gasteiger partial charge is 0.375 e. The Bertz CT molecular complexity index is 409. The van der Waals surface area contributed by atoms with Gasteiger partial charge in [0.15, 0.2) is 0 Å². The van der Waals surface area contributed by atoms with E-state index >= 15 is 0 Å². The van der Waals surface area contributed by atoms with Crippen LogP contribution in [-0.2, 0) is 4.74 Å². The molecule has 2 unspecified atom stereocenters. The van der Waals surface area contributed by atoms with Crippen LogP contribution in [0.25, 0.3) is 0 Å². The van der Waals surface area contributed by atoms with Gasteiger partial charge in [0.05, 0.1) is 5.60 Å². The minimum atomic E-state index is 0.192. The normalized spacial score (nSPS) is 26.8. The fraction of sp³-hybridized carbons (Fsp3) is 0.765. The molecule has 2 saturated heterocycles. The first-order chi connectivity index (χ1) is 10.3. The summed E-state index contributed by atoms with van der Waals surface area (Å²) in [6.07, 6.45) is 6.14. The highest BCUT2D eigenvalue weighted by molar-refractivity contribution is 7.99. The minimum absolute atomic E-state index is 0.192. The maximum absolute atomic E-state index is 6.27. The third-order valence-electron chi connectivity index (χ3n) is 4.87. The lowest BCUT2D eigenvalue weighted by molar-refractivity contribution is -0.107. The van der Waals surface area contributed by atoms with Crippen molar-refractivity contribution in [1.82, 2.24) is 5.32 Å². The SMILES string of the molecule is CCCNC(c1cccs1)C1CCOC2(CCSCC2)C1. The fourth-order valence-corrected chi connectivity index (χ4v) is 5.84. The van der Waals surface area contributed by atoms with Gasteiger partial charge in [-0.05, 0) is 67.5 Å². The average molecular weight is 326 g/mol. The molecule has 3 heterocycles. The van der Waals surface area contributed by atoms with Gasteiger partial charge in [-0.25, -0.2) is 0 Å². The van der Waals surface area contributed by atoms with E-state index in [1.54, 1.807) is 0 Å². The summed E-state index contributed by atoms with van der Waals surface area (Å²) in [7, 11) is 0. The summed E-state index contributed by atoms with van der Waals surface area (Å²) >= 11 is 3.99. The number of rotatable bonds is 5. The summed E-state index contributed by atoms with van der Waals surface area (Å²) in [4.78, 5) is 1.51. The van der Waals surface area contributed by atoms with E-state index in [4.69, 9.17) is 4.74 Å². The predicted octanol–water partition coefficient (Wildman–Crippen LogP) is 4.48. The Labute approximate surface area is 137 Å². The van der Waals surface area contributed by atoms with Crippen LogP contribution in [0.4, 0.5) is 0 Å². The van der Waals surface area contributed by atoms with E-state index in [-0.39, 0.29) is 5.60 Å². The molecule has 1 aromatic heterocycles. The van der Waals surface area contributed by atoms with Gasteiger partial charge in [0.25, 0.3) is 0 Å². The van der Waals surface area contributed by atoms with Gasteiger partial charge in [0, 0.05) is 17.5 Å². The molecule has 2 atom stereocenters. The number of hydrogen-bond acceptors (Lipinski definition) is 4. The van der Waals surface area contributed by atoms with Crippen molar-refractivity contribution in [2.75, 3.05) is 24.7 Å². The molecule has 0 aliphatic carbocycles. The molecule has 0 radical (unpaired) electrons. The molecule has 4 heteroatoms. The standard InChI is InChI=1S/C17H27NOS2/c1-2-8-18-16(15-4-3-10-21-15)14-5-9-19-17(13-14)6-11-20-12-7-17/h3-4,10,14,16,18H,2,5-9,11-13H2,1H3. The van der Waals surface area contributed by atoms with Gasteiger partial charge < -0.3 is 10.1 Å². The van der Waals surface area contributed by atoms with Crippen molar-refractivity contribution in [3.05, 3.63) is 22.4 Å². The lowest BCUT2D eigenvalue weighted by Gasteiger charge is -2.45. The molecule has 118 valence electrons. The summed E-state index contributed by atoms with van der Waals surface area (Å²) in [5.41, 5.74) is 0.192. The zero-order chi connectivity index (χ0) is 14.5. The van der Waals surface area contributed by atoms with E-state index < -0.39 is 0 Å². The molecule has 0 amide bonds. The molecule has 1 N–H and O–H groups in total. The molecule has 21 heavy (non-hydrogen) atoms. The number of hydrogen-bond donors (Lipinski definition) is 1. The highest BCUT2D eigenvalue weighted by atomic mass is 32.2.